The molecule has 1 aromatic carbocycles. The molecular formula is C17H27N. The first kappa shape index (κ1) is 13.6. The van der Waals surface area contributed by atoms with E-state index in [-0.39, 0.29) is 0 Å². The van der Waals surface area contributed by atoms with E-state index in [4.69, 9.17) is 5.73 Å². The Hall–Kier alpha value is -0.820. The van der Waals surface area contributed by atoms with E-state index < -0.39 is 0 Å². The maximum Gasteiger partial charge on any atom is -0.00172 e. The van der Waals surface area contributed by atoms with E-state index in [9.17, 15) is 0 Å². The average Bonchev–Trinajstić information content (AvgIpc) is 2.38. The van der Waals surface area contributed by atoms with Crippen LogP contribution in [0.15, 0.2) is 24.3 Å². The summed E-state index contributed by atoms with van der Waals surface area (Å²) in [5, 5.41) is 0. The van der Waals surface area contributed by atoms with Crippen molar-refractivity contribution < 1.29 is 0 Å². The van der Waals surface area contributed by atoms with Gasteiger partial charge in [0.15, 0.2) is 0 Å². The molecule has 1 aromatic rings. The maximum atomic E-state index is 6.11. The molecule has 1 unspecified atom stereocenters. The third-order valence-electron chi connectivity index (χ3n) is 4.53. The lowest BCUT2D eigenvalue weighted by molar-refractivity contribution is 0.223. The second kappa shape index (κ2) is 5.88. The SMILES string of the molecule is CC(C)CCCC1(CN)CCc2ccccc2C1. The van der Waals surface area contributed by atoms with Crippen LogP contribution in [-0.2, 0) is 12.8 Å². The van der Waals surface area contributed by atoms with Crippen molar-refractivity contribution in [2.75, 3.05) is 6.54 Å². The number of fused-ring (bicyclic) bond motifs is 1. The Balaban J connectivity index is 2.02. The number of aryl methyl sites for hydroxylation is 1. The van der Waals surface area contributed by atoms with Gasteiger partial charge in [-0.3, -0.25) is 0 Å². The minimum atomic E-state index is 0.378. The fourth-order valence-electron chi connectivity index (χ4n) is 3.24. The van der Waals surface area contributed by atoms with Crippen molar-refractivity contribution in [3.8, 4) is 0 Å². The highest BCUT2D eigenvalue weighted by Gasteiger charge is 2.32. The molecule has 0 amide bonds. The van der Waals surface area contributed by atoms with Crippen molar-refractivity contribution >= 4 is 0 Å². The highest BCUT2D eigenvalue weighted by Crippen LogP contribution is 2.39. The molecule has 0 radical (unpaired) electrons. The molecule has 0 fully saturated rings. The summed E-state index contributed by atoms with van der Waals surface area (Å²) in [6.45, 7) is 5.47. The third kappa shape index (κ3) is 3.14. The van der Waals surface area contributed by atoms with Crippen LogP contribution in [-0.4, -0.2) is 6.54 Å². The molecule has 1 heteroatoms. The summed E-state index contributed by atoms with van der Waals surface area (Å²) in [7, 11) is 0. The Morgan fingerprint density at radius 2 is 1.94 bits per heavy atom. The fourth-order valence-corrected chi connectivity index (χ4v) is 3.24. The zero-order valence-electron chi connectivity index (χ0n) is 11.9. The fraction of sp³-hybridized carbons (Fsp3) is 0.647. The zero-order chi connectivity index (χ0) is 13.0. The molecule has 0 aromatic heterocycles. The van der Waals surface area contributed by atoms with Crippen LogP contribution in [0.3, 0.4) is 0 Å². The van der Waals surface area contributed by atoms with Gasteiger partial charge in [0.05, 0.1) is 0 Å². The highest BCUT2D eigenvalue weighted by atomic mass is 14.6. The van der Waals surface area contributed by atoms with Gasteiger partial charge in [-0.05, 0) is 54.7 Å². The third-order valence-corrected chi connectivity index (χ3v) is 4.53. The maximum absolute atomic E-state index is 6.11. The number of rotatable bonds is 5. The van der Waals surface area contributed by atoms with Crippen LogP contribution in [0.5, 0.6) is 0 Å². The summed E-state index contributed by atoms with van der Waals surface area (Å²) in [5.74, 6) is 0.815. The minimum absolute atomic E-state index is 0.378. The monoisotopic (exact) mass is 245 g/mol. The van der Waals surface area contributed by atoms with Crippen molar-refractivity contribution in [3.05, 3.63) is 35.4 Å². The lowest BCUT2D eigenvalue weighted by atomic mass is 9.68. The van der Waals surface area contributed by atoms with Crippen LogP contribution in [0, 0.1) is 11.3 Å². The molecule has 1 aliphatic rings. The van der Waals surface area contributed by atoms with Crippen LogP contribution in [0.1, 0.15) is 50.7 Å². The Kier molecular flexibility index (Phi) is 4.45. The van der Waals surface area contributed by atoms with E-state index in [0.717, 1.165) is 12.5 Å². The van der Waals surface area contributed by atoms with Gasteiger partial charge >= 0.3 is 0 Å². The standard InChI is InChI=1S/C17H27N/c1-14(2)6-5-10-17(13-18)11-9-15-7-3-4-8-16(15)12-17/h3-4,7-8,14H,5-6,9-13,18H2,1-2H3. The molecule has 2 N–H and O–H groups in total. The molecule has 0 saturated heterocycles. The quantitative estimate of drug-likeness (QED) is 0.835. The van der Waals surface area contributed by atoms with Crippen LogP contribution >= 0.6 is 0 Å². The molecule has 0 saturated carbocycles. The van der Waals surface area contributed by atoms with E-state index in [1.54, 1.807) is 11.1 Å². The van der Waals surface area contributed by atoms with Crippen LogP contribution in [0.25, 0.3) is 0 Å². The molecule has 100 valence electrons. The summed E-state index contributed by atoms with van der Waals surface area (Å²) >= 11 is 0. The smallest absolute Gasteiger partial charge is 0.00172 e. The Morgan fingerprint density at radius 1 is 1.22 bits per heavy atom. The molecule has 1 atom stereocenters. The summed E-state index contributed by atoms with van der Waals surface area (Å²) in [5.41, 5.74) is 9.58. The zero-order valence-corrected chi connectivity index (χ0v) is 11.9. The number of hydrogen-bond acceptors (Lipinski definition) is 1. The average molecular weight is 245 g/mol. The van der Waals surface area contributed by atoms with E-state index in [2.05, 4.69) is 38.1 Å². The van der Waals surface area contributed by atoms with Gasteiger partial charge in [-0.1, -0.05) is 51.0 Å². The molecule has 0 heterocycles. The van der Waals surface area contributed by atoms with Crippen LogP contribution < -0.4 is 5.73 Å². The molecular weight excluding hydrogens is 218 g/mol. The highest BCUT2D eigenvalue weighted by molar-refractivity contribution is 5.31. The van der Waals surface area contributed by atoms with E-state index in [1.807, 2.05) is 0 Å². The van der Waals surface area contributed by atoms with Crippen molar-refractivity contribution in [3.63, 3.8) is 0 Å². The van der Waals surface area contributed by atoms with E-state index in [0.29, 0.717) is 5.41 Å². The summed E-state index contributed by atoms with van der Waals surface area (Å²) in [4.78, 5) is 0. The van der Waals surface area contributed by atoms with Gasteiger partial charge in [-0.15, -0.1) is 0 Å². The summed E-state index contributed by atoms with van der Waals surface area (Å²) < 4.78 is 0. The Labute approximate surface area is 112 Å². The molecule has 18 heavy (non-hydrogen) atoms. The van der Waals surface area contributed by atoms with Gasteiger partial charge in [0, 0.05) is 0 Å². The Bertz CT molecular complexity index is 383. The van der Waals surface area contributed by atoms with Crippen LogP contribution in [0.2, 0.25) is 0 Å². The van der Waals surface area contributed by atoms with Gasteiger partial charge in [-0.2, -0.15) is 0 Å². The van der Waals surface area contributed by atoms with Crippen LogP contribution in [0.4, 0.5) is 0 Å². The summed E-state index contributed by atoms with van der Waals surface area (Å²) in [6.07, 6.45) is 7.65. The van der Waals surface area contributed by atoms with Crippen molar-refractivity contribution in [1.82, 2.24) is 0 Å². The second-order valence-electron chi connectivity index (χ2n) is 6.44. The van der Waals surface area contributed by atoms with Gasteiger partial charge < -0.3 is 5.73 Å². The van der Waals surface area contributed by atoms with Gasteiger partial charge in [0.1, 0.15) is 0 Å². The first-order chi connectivity index (χ1) is 8.65. The number of nitrogens with two attached hydrogens (primary N) is 1. The molecule has 1 nitrogen and oxygen atoms in total. The second-order valence-corrected chi connectivity index (χ2v) is 6.44. The largest absolute Gasteiger partial charge is 0.330 e. The number of hydrogen-bond donors (Lipinski definition) is 1. The molecule has 0 bridgehead atoms. The Morgan fingerprint density at radius 3 is 2.61 bits per heavy atom. The lowest BCUT2D eigenvalue weighted by Gasteiger charge is -2.37. The predicted octanol–water partition coefficient (Wildman–Crippen LogP) is 3.95. The van der Waals surface area contributed by atoms with Gasteiger partial charge in [-0.25, -0.2) is 0 Å². The molecule has 1 aliphatic carbocycles. The normalized spacial score (nSPS) is 23.1. The van der Waals surface area contributed by atoms with Gasteiger partial charge in [0.2, 0.25) is 0 Å². The first-order valence-electron chi connectivity index (χ1n) is 7.42. The molecule has 2 rings (SSSR count). The minimum Gasteiger partial charge on any atom is -0.330 e. The molecule has 0 aliphatic heterocycles. The van der Waals surface area contributed by atoms with Gasteiger partial charge in [0.25, 0.3) is 0 Å². The summed E-state index contributed by atoms with van der Waals surface area (Å²) in [6, 6.07) is 8.90. The lowest BCUT2D eigenvalue weighted by Crippen LogP contribution is -2.36. The van der Waals surface area contributed by atoms with Crippen molar-refractivity contribution in [2.45, 2.75) is 52.4 Å². The predicted molar refractivity (Wildman–Crippen MR) is 78.6 cm³/mol. The number of benzene rings is 1. The van der Waals surface area contributed by atoms with E-state index >= 15 is 0 Å². The van der Waals surface area contributed by atoms with Crippen molar-refractivity contribution in [2.24, 2.45) is 17.1 Å². The van der Waals surface area contributed by atoms with E-state index in [1.165, 1.54) is 38.5 Å². The molecule has 0 spiro atoms. The topological polar surface area (TPSA) is 26.0 Å². The van der Waals surface area contributed by atoms with Crippen molar-refractivity contribution in [1.29, 1.82) is 0 Å². The first-order valence-corrected chi connectivity index (χ1v) is 7.42.